The van der Waals surface area contributed by atoms with Gasteiger partial charge >= 0.3 is 0 Å². The van der Waals surface area contributed by atoms with Crippen LogP contribution in [-0.2, 0) is 14.8 Å². The fourth-order valence-electron chi connectivity index (χ4n) is 3.75. The largest absolute Gasteiger partial charge is 0.494 e. The molecule has 2 aromatic carbocycles. The van der Waals surface area contributed by atoms with Gasteiger partial charge in [-0.1, -0.05) is 19.1 Å². The number of hydrogen-bond acceptors (Lipinski definition) is 4. The van der Waals surface area contributed by atoms with Crippen molar-refractivity contribution in [2.45, 2.75) is 60.0 Å². The Balaban J connectivity index is 2.33. The summed E-state index contributed by atoms with van der Waals surface area (Å²) in [7, 11) is -3.69. The third-order valence-corrected chi connectivity index (χ3v) is 6.62. The lowest BCUT2D eigenvalue weighted by molar-refractivity contribution is -0.122. The summed E-state index contributed by atoms with van der Waals surface area (Å²) in [6.45, 7) is 12.2. The van der Waals surface area contributed by atoms with Crippen LogP contribution >= 0.6 is 0 Å². The SMILES string of the molecule is CCOc1ccc(N([C@H](CC)C(=O)N[C@@H](C)c2cc(C)c(C)cc2C)S(C)(=O)=O)cc1. The molecule has 0 saturated heterocycles. The molecule has 6 nitrogen and oxygen atoms in total. The number of ether oxygens (including phenoxy) is 1. The van der Waals surface area contributed by atoms with Crippen LogP contribution in [0.15, 0.2) is 36.4 Å². The molecule has 0 bridgehead atoms. The lowest BCUT2D eigenvalue weighted by Crippen LogP contribution is -2.49. The van der Waals surface area contributed by atoms with Crippen LogP contribution in [0.4, 0.5) is 5.69 Å². The molecule has 0 unspecified atom stereocenters. The van der Waals surface area contributed by atoms with Gasteiger partial charge in [0.25, 0.3) is 0 Å². The number of nitrogens with zero attached hydrogens (tertiary/aromatic N) is 1. The van der Waals surface area contributed by atoms with Crippen LogP contribution < -0.4 is 14.4 Å². The van der Waals surface area contributed by atoms with E-state index >= 15 is 0 Å². The van der Waals surface area contributed by atoms with Gasteiger partial charge in [-0.3, -0.25) is 9.10 Å². The highest BCUT2D eigenvalue weighted by Crippen LogP contribution is 2.26. The fourth-order valence-corrected chi connectivity index (χ4v) is 4.96. The van der Waals surface area contributed by atoms with E-state index < -0.39 is 16.1 Å². The van der Waals surface area contributed by atoms with Gasteiger partial charge in [0.15, 0.2) is 0 Å². The van der Waals surface area contributed by atoms with Crippen molar-refractivity contribution in [3.05, 3.63) is 58.7 Å². The van der Waals surface area contributed by atoms with Crippen molar-refractivity contribution < 1.29 is 17.9 Å². The molecule has 0 aliphatic rings. The second-order valence-corrected chi connectivity index (χ2v) is 9.79. The minimum atomic E-state index is -3.69. The van der Waals surface area contributed by atoms with Crippen molar-refractivity contribution in [3.8, 4) is 5.75 Å². The Labute approximate surface area is 186 Å². The summed E-state index contributed by atoms with van der Waals surface area (Å²) in [4.78, 5) is 13.2. The molecule has 0 aromatic heterocycles. The number of carbonyl (C=O) groups excluding carboxylic acids is 1. The second-order valence-electron chi connectivity index (χ2n) is 7.93. The Hall–Kier alpha value is -2.54. The monoisotopic (exact) mass is 446 g/mol. The first kappa shape index (κ1) is 24.7. The summed E-state index contributed by atoms with van der Waals surface area (Å²) in [6, 6.07) is 9.83. The maximum Gasteiger partial charge on any atom is 0.244 e. The molecule has 0 saturated carbocycles. The Morgan fingerprint density at radius 2 is 1.61 bits per heavy atom. The lowest BCUT2D eigenvalue weighted by atomic mass is 9.96. The van der Waals surface area contributed by atoms with Gasteiger partial charge in [-0.15, -0.1) is 0 Å². The molecule has 7 heteroatoms. The van der Waals surface area contributed by atoms with Crippen LogP contribution in [0.2, 0.25) is 0 Å². The zero-order valence-corrected chi connectivity index (χ0v) is 20.3. The van der Waals surface area contributed by atoms with Crippen LogP contribution in [0.1, 0.15) is 55.5 Å². The number of amides is 1. The molecule has 2 atom stereocenters. The van der Waals surface area contributed by atoms with E-state index in [1.54, 1.807) is 24.3 Å². The number of aryl methyl sites for hydroxylation is 3. The average molecular weight is 447 g/mol. The smallest absolute Gasteiger partial charge is 0.244 e. The average Bonchev–Trinajstić information content (AvgIpc) is 2.68. The fraction of sp³-hybridized carbons (Fsp3) is 0.458. The standard InChI is InChI=1S/C24H34N2O4S/c1-8-23(24(27)25-19(6)22-15-17(4)16(3)14-18(22)5)26(31(7,28)29)20-10-12-21(13-11-20)30-9-2/h10-15,19,23H,8-9H2,1-7H3,(H,25,27)/t19-,23+/m0/s1. The van der Waals surface area contributed by atoms with Crippen LogP contribution in [0.5, 0.6) is 5.75 Å². The first-order chi connectivity index (χ1) is 14.5. The van der Waals surface area contributed by atoms with Crippen molar-refractivity contribution in [2.24, 2.45) is 0 Å². The lowest BCUT2D eigenvalue weighted by Gasteiger charge is -2.31. The summed E-state index contributed by atoms with van der Waals surface area (Å²) in [5.41, 5.74) is 4.91. The van der Waals surface area contributed by atoms with Gasteiger partial charge < -0.3 is 10.1 Å². The predicted octanol–water partition coefficient (Wildman–Crippen LogP) is 4.43. The van der Waals surface area contributed by atoms with Gasteiger partial charge in [-0.2, -0.15) is 0 Å². The van der Waals surface area contributed by atoms with E-state index in [9.17, 15) is 13.2 Å². The topological polar surface area (TPSA) is 75.7 Å². The van der Waals surface area contributed by atoms with Crippen molar-refractivity contribution in [1.29, 1.82) is 0 Å². The van der Waals surface area contributed by atoms with E-state index in [1.165, 1.54) is 9.87 Å². The van der Waals surface area contributed by atoms with Gasteiger partial charge in [-0.05, 0) is 87.6 Å². The molecule has 0 aliphatic carbocycles. The Kier molecular flexibility index (Phi) is 8.12. The van der Waals surface area contributed by atoms with Crippen LogP contribution in [0.3, 0.4) is 0 Å². The molecule has 0 heterocycles. The highest BCUT2D eigenvalue weighted by atomic mass is 32.2. The minimum Gasteiger partial charge on any atom is -0.494 e. The predicted molar refractivity (Wildman–Crippen MR) is 126 cm³/mol. The number of nitrogens with one attached hydrogen (secondary N) is 1. The number of anilines is 1. The van der Waals surface area contributed by atoms with Gasteiger partial charge in [-0.25, -0.2) is 8.42 Å². The maximum absolute atomic E-state index is 13.2. The number of carbonyl (C=O) groups is 1. The normalized spacial score (nSPS) is 13.4. The van der Waals surface area contributed by atoms with E-state index in [0.29, 0.717) is 24.5 Å². The van der Waals surface area contributed by atoms with Crippen molar-refractivity contribution in [2.75, 3.05) is 17.2 Å². The van der Waals surface area contributed by atoms with Gasteiger partial charge in [0, 0.05) is 0 Å². The minimum absolute atomic E-state index is 0.248. The van der Waals surface area contributed by atoms with E-state index in [0.717, 1.165) is 22.9 Å². The Morgan fingerprint density at radius 1 is 1.03 bits per heavy atom. The molecule has 0 aliphatic heterocycles. The summed E-state index contributed by atoms with van der Waals surface area (Å²) in [5, 5.41) is 3.02. The first-order valence-corrected chi connectivity index (χ1v) is 12.4. The molecule has 0 fully saturated rings. The van der Waals surface area contributed by atoms with Crippen LogP contribution in [0, 0.1) is 20.8 Å². The summed E-state index contributed by atoms with van der Waals surface area (Å²) < 4.78 is 31.9. The third kappa shape index (κ3) is 6.00. The van der Waals surface area contributed by atoms with Crippen molar-refractivity contribution >= 4 is 21.6 Å². The summed E-state index contributed by atoms with van der Waals surface area (Å²) >= 11 is 0. The Morgan fingerprint density at radius 3 is 2.13 bits per heavy atom. The van der Waals surface area contributed by atoms with Gasteiger partial charge in [0.1, 0.15) is 11.8 Å². The third-order valence-electron chi connectivity index (χ3n) is 5.44. The Bertz CT molecular complexity index is 1020. The van der Waals surface area contributed by atoms with E-state index in [1.807, 2.05) is 34.6 Å². The zero-order valence-electron chi connectivity index (χ0n) is 19.5. The molecule has 2 rings (SSSR count). The molecular formula is C24H34N2O4S. The molecular weight excluding hydrogens is 412 g/mol. The summed E-state index contributed by atoms with van der Waals surface area (Å²) in [6.07, 6.45) is 1.46. The van der Waals surface area contributed by atoms with Gasteiger partial charge in [0.05, 0.1) is 24.6 Å². The highest BCUT2D eigenvalue weighted by molar-refractivity contribution is 7.92. The first-order valence-electron chi connectivity index (χ1n) is 10.6. The number of benzene rings is 2. The molecule has 0 spiro atoms. The van der Waals surface area contributed by atoms with Crippen molar-refractivity contribution in [3.63, 3.8) is 0 Å². The van der Waals surface area contributed by atoms with Crippen LogP contribution in [-0.4, -0.2) is 33.2 Å². The highest BCUT2D eigenvalue weighted by Gasteiger charge is 2.32. The molecule has 2 aromatic rings. The summed E-state index contributed by atoms with van der Waals surface area (Å²) in [5.74, 6) is 0.322. The van der Waals surface area contributed by atoms with E-state index in [4.69, 9.17) is 4.74 Å². The van der Waals surface area contributed by atoms with E-state index in [2.05, 4.69) is 24.4 Å². The second kappa shape index (κ2) is 10.2. The van der Waals surface area contributed by atoms with Crippen LogP contribution in [0.25, 0.3) is 0 Å². The maximum atomic E-state index is 13.2. The van der Waals surface area contributed by atoms with E-state index in [-0.39, 0.29) is 11.9 Å². The number of hydrogen-bond donors (Lipinski definition) is 1. The molecule has 170 valence electrons. The number of rotatable bonds is 9. The number of sulfonamides is 1. The molecule has 1 N–H and O–H groups in total. The van der Waals surface area contributed by atoms with Crippen molar-refractivity contribution in [1.82, 2.24) is 5.32 Å². The quantitative estimate of drug-likeness (QED) is 0.618. The zero-order chi connectivity index (χ0) is 23.3. The van der Waals surface area contributed by atoms with Gasteiger partial charge in [0.2, 0.25) is 15.9 Å². The molecule has 0 radical (unpaired) electrons. The molecule has 1 amide bonds. The molecule has 31 heavy (non-hydrogen) atoms.